The van der Waals surface area contributed by atoms with Gasteiger partial charge in [0, 0.05) is 27.1 Å². The lowest BCUT2D eigenvalue weighted by molar-refractivity contribution is -0.117. The third-order valence-corrected chi connectivity index (χ3v) is 6.85. The van der Waals surface area contributed by atoms with E-state index in [1.165, 1.54) is 11.8 Å². The van der Waals surface area contributed by atoms with E-state index in [4.69, 9.17) is 0 Å². The van der Waals surface area contributed by atoms with Gasteiger partial charge in [0.2, 0.25) is 5.91 Å². The van der Waals surface area contributed by atoms with Crippen LogP contribution in [-0.2, 0) is 4.79 Å². The summed E-state index contributed by atoms with van der Waals surface area (Å²) in [5, 5.41) is 5.62. The Morgan fingerprint density at radius 2 is 1.70 bits per heavy atom. The Labute approximate surface area is 196 Å². The normalized spacial score (nSPS) is 15.7. The summed E-state index contributed by atoms with van der Waals surface area (Å²) in [6, 6.07) is 21.5. The van der Waals surface area contributed by atoms with Gasteiger partial charge in [-0.3, -0.25) is 14.4 Å². The number of rotatable bonds is 5. The summed E-state index contributed by atoms with van der Waals surface area (Å²) in [5.74, 6) is -0.590. The van der Waals surface area contributed by atoms with E-state index in [0.717, 1.165) is 28.3 Å². The zero-order valence-electron chi connectivity index (χ0n) is 18.1. The van der Waals surface area contributed by atoms with Gasteiger partial charge in [-0.2, -0.15) is 0 Å². The van der Waals surface area contributed by atoms with E-state index in [2.05, 4.69) is 10.6 Å². The number of hydrogen-bond donors (Lipinski definition) is 2. The fourth-order valence-electron chi connectivity index (χ4n) is 3.84. The largest absolute Gasteiger partial charge is 0.341 e. The fraction of sp³-hybridized carbons (Fsp3) is 0.192. The van der Waals surface area contributed by atoms with Crippen LogP contribution in [0.2, 0.25) is 0 Å². The molecule has 3 aromatic rings. The van der Waals surface area contributed by atoms with Crippen molar-refractivity contribution < 1.29 is 14.4 Å². The van der Waals surface area contributed by atoms with Crippen LogP contribution in [0.5, 0.6) is 0 Å². The topological polar surface area (TPSA) is 78.5 Å². The molecule has 33 heavy (non-hydrogen) atoms. The van der Waals surface area contributed by atoms with Crippen LogP contribution in [-0.4, -0.2) is 29.8 Å². The number of carbonyl (C=O) groups excluding carboxylic acids is 3. The van der Waals surface area contributed by atoms with Crippen molar-refractivity contribution in [1.29, 1.82) is 0 Å². The minimum Gasteiger partial charge on any atom is -0.341 e. The summed E-state index contributed by atoms with van der Waals surface area (Å²) in [5.41, 5.74) is 2.69. The highest BCUT2D eigenvalue weighted by atomic mass is 32.2. The Morgan fingerprint density at radius 3 is 2.45 bits per heavy atom. The molecule has 166 valence electrons. The number of nitrogens with zero attached hydrogens (tertiary/aromatic N) is 1. The number of carbonyl (C=O) groups is 3. The smallest absolute Gasteiger partial charge is 0.259 e. The number of anilines is 2. The van der Waals surface area contributed by atoms with Crippen molar-refractivity contribution in [1.82, 2.24) is 5.32 Å². The molecule has 0 bridgehead atoms. The van der Waals surface area contributed by atoms with Gasteiger partial charge in [0.1, 0.15) is 6.04 Å². The van der Waals surface area contributed by atoms with Crippen LogP contribution in [0.4, 0.5) is 11.4 Å². The number of nitrogens with one attached hydrogen (secondary N) is 2. The molecule has 2 N–H and O–H groups in total. The average Bonchev–Trinajstić information content (AvgIpc) is 3.66. The lowest BCUT2D eigenvalue weighted by atomic mass is 10.1. The van der Waals surface area contributed by atoms with E-state index in [-0.39, 0.29) is 23.8 Å². The summed E-state index contributed by atoms with van der Waals surface area (Å²) >= 11 is 1.53. The predicted octanol–water partition coefficient (Wildman–Crippen LogP) is 4.72. The van der Waals surface area contributed by atoms with Gasteiger partial charge in [-0.05, 0) is 62.2 Å². The van der Waals surface area contributed by atoms with Crippen LogP contribution in [0.15, 0.2) is 82.6 Å². The summed E-state index contributed by atoms with van der Waals surface area (Å²) in [6.45, 7) is 1.65. The highest BCUT2D eigenvalue weighted by Crippen LogP contribution is 2.46. The van der Waals surface area contributed by atoms with E-state index < -0.39 is 6.04 Å². The van der Waals surface area contributed by atoms with E-state index in [1.54, 1.807) is 31.2 Å². The SMILES string of the molecule is C[C@@H](NC(=O)c1ccccc1)C(=O)Nc1ccc2c(c1)Sc1ccccc1C(=O)N2C1CC1. The summed E-state index contributed by atoms with van der Waals surface area (Å²) in [6.07, 6.45) is 1.99. The van der Waals surface area contributed by atoms with E-state index in [0.29, 0.717) is 16.8 Å². The first-order valence-corrected chi connectivity index (χ1v) is 11.7. The third-order valence-electron chi connectivity index (χ3n) is 5.73. The lowest BCUT2D eigenvalue weighted by Crippen LogP contribution is -2.41. The minimum atomic E-state index is -0.713. The standard InChI is InChI=1S/C26H23N3O3S/c1-16(27-25(31)17-7-3-2-4-8-17)24(30)28-18-11-14-21-23(15-18)33-22-10-6-5-9-20(22)26(32)29(21)19-12-13-19/h2-11,14-16,19H,12-13H2,1H3,(H,27,31)(H,28,30)/t16-/m1/s1. The van der Waals surface area contributed by atoms with Gasteiger partial charge in [-0.25, -0.2) is 0 Å². The van der Waals surface area contributed by atoms with Crippen molar-refractivity contribution in [3.8, 4) is 0 Å². The minimum absolute atomic E-state index is 0.0217. The van der Waals surface area contributed by atoms with Crippen LogP contribution in [0.3, 0.4) is 0 Å². The lowest BCUT2D eigenvalue weighted by Gasteiger charge is -2.23. The van der Waals surface area contributed by atoms with Crippen molar-refractivity contribution >= 4 is 40.9 Å². The summed E-state index contributed by atoms with van der Waals surface area (Å²) in [4.78, 5) is 42.1. The Bertz CT molecular complexity index is 1240. The predicted molar refractivity (Wildman–Crippen MR) is 129 cm³/mol. The molecule has 1 heterocycles. The summed E-state index contributed by atoms with van der Waals surface area (Å²) < 4.78 is 0. The first-order chi connectivity index (χ1) is 16.0. The van der Waals surface area contributed by atoms with Crippen molar-refractivity contribution in [2.45, 2.75) is 41.6 Å². The molecule has 7 heteroatoms. The number of benzene rings is 3. The van der Waals surface area contributed by atoms with Gasteiger partial charge >= 0.3 is 0 Å². The highest BCUT2D eigenvalue weighted by molar-refractivity contribution is 7.99. The van der Waals surface area contributed by atoms with Crippen LogP contribution in [0.1, 0.15) is 40.5 Å². The molecule has 2 aliphatic rings. The molecule has 0 unspecified atom stereocenters. The maximum absolute atomic E-state index is 13.3. The molecular formula is C26H23N3O3S. The third kappa shape index (κ3) is 4.36. The Morgan fingerprint density at radius 1 is 0.970 bits per heavy atom. The Hall–Kier alpha value is -3.58. The fourth-order valence-corrected chi connectivity index (χ4v) is 4.95. The molecule has 0 aromatic heterocycles. The number of amides is 3. The quantitative estimate of drug-likeness (QED) is 0.581. The molecule has 6 nitrogen and oxygen atoms in total. The van der Waals surface area contributed by atoms with Crippen LogP contribution in [0, 0.1) is 0 Å². The number of fused-ring (bicyclic) bond motifs is 2. The zero-order valence-corrected chi connectivity index (χ0v) is 18.9. The number of hydrogen-bond acceptors (Lipinski definition) is 4. The van der Waals surface area contributed by atoms with E-state index in [1.807, 2.05) is 53.4 Å². The van der Waals surface area contributed by atoms with Gasteiger partial charge in [0.25, 0.3) is 11.8 Å². The van der Waals surface area contributed by atoms with Crippen LogP contribution in [0.25, 0.3) is 0 Å². The van der Waals surface area contributed by atoms with Crippen molar-refractivity contribution in [3.05, 3.63) is 83.9 Å². The second-order valence-corrected chi connectivity index (χ2v) is 9.32. The zero-order chi connectivity index (χ0) is 22.9. The maximum atomic E-state index is 13.3. The first kappa shape index (κ1) is 21.3. The van der Waals surface area contributed by atoms with Crippen LogP contribution < -0.4 is 15.5 Å². The molecule has 0 radical (unpaired) electrons. The Balaban J connectivity index is 1.36. The second kappa shape index (κ2) is 8.75. The molecule has 0 spiro atoms. The molecule has 1 atom stereocenters. The first-order valence-electron chi connectivity index (χ1n) is 10.9. The maximum Gasteiger partial charge on any atom is 0.259 e. The average molecular weight is 458 g/mol. The molecule has 1 aliphatic carbocycles. The molecule has 1 saturated carbocycles. The monoisotopic (exact) mass is 457 g/mol. The van der Waals surface area contributed by atoms with Crippen molar-refractivity contribution in [2.24, 2.45) is 0 Å². The van der Waals surface area contributed by atoms with Gasteiger partial charge in [0.05, 0.1) is 11.3 Å². The highest BCUT2D eigenvalue weighted by Gasteiger charge is 2.38. The molecule has 5 rings (SSSR count). The van der Waals surface area contributed by atoms with Crippen molar-refractivity contribution in [2.75, 3.05) is 10.2 Å². The van der Waals surface area contributed by atoms with E-state index in [9.17, 15) is 14.4 Å². The molecule has 0 saturated heterocycles. The molecular weight excluding hydrogens is 434 g/mol. The van der Waals surface area contributed by atoms with Gasteiger partial charge in [-0.1, -0.05) is 42.1 Å². The molecule has 3 amide bonds. The molecule has 1 aliphatic heterocycles. The van der Waals surface area contributed by atoms with E-state index >= 15 is 0 Å². The van der Waals surface area contributed by atoms with Crippen molar-refractivity contribution in [3.63, 3.8) is 0 Å². The van der Waals surface area contributed by atoms with Crippen LogP contribution >= 0.6 is 11.8 Å². The van der Waals surface area contributed by atoms with Gasteiger partial charge in [-0.15, -0.1) is 0 Å². The summed E-state index contributed by atoms with van der Waals surface area (Å²) in [7, 11) is 0. The van der Waals surface area contributed by atoms with Gasteiger partial charge < -0.3 is 15.5 Å². The second-order valence-electron chi connectivity index (χ2n) is 8.24. The molecule has 1 fully saturated rings. The molecule has 3 aromatic carbocycles. The Kier molecular flexibility index (Phi) is 5.64. The van der Waals surface area contributed by atoms with Gasteiger partial charge in [0.15, 0.2) is 0 Å².